The fourth-order valence-corrected chi connectivity index (χ4v) is 4.74. The summed E-state index contributed by atoms with van der Waals surface area (Å²) >= 11 is 0. The van der Waals surface area contributed by atoms with Crippen LogP contribution in [0.15, 0.2) is 24.3 Å². The second kappa shape index (κ2) is 9.70. The summed E-state index contributed by atoms with van der Waals surface area (Å²) in [5.41, 5.74) is 8.80. The third-order valence-corrected chi connectivity index (χ3v) is 6.56. The lowest BCUT2D eigenvalue weighted by Gasteiger charge is -2.38. The first-order valence-electron chi connectivity index (χ1n) is 10.9. The molecule has 4 nitrogen and oxygen atoms in total. The van der Waals surface area contributed by atoms with Gasteiger partial charge in [-0.3, -0.25) is 4.79 Å². The van der Waals surface area contributed by atoms with Gasteiger partial charge in [0.25, 0.3) is 0 Å². The number of piperidine rings is 1. The Hall–Kier alpha value is -1.39. The average molecular weight is 372 g/mol. The maximum Gasteiger partial charge on any atom is 0.239 e. The zero-order valence-electron chi connectivity index (χ0n) is 17.2. The van der Waals surface area contributed by atoms with Gasteiger partial charge in [-0.1, -0.05) is 37.1 Å². The quantitative estimate of drug-likeness (QED) is 0.799. The summed E-state index contributed by atoms with van der Waals surface area (Å²) in [6, 6.07) is 8.77. The Labute approximate surface area is 165 Å². The van der Waals surface area contributed by atoms with Crippen LogP contribution < -0.4 is 5.73 Å². The summed E-state index contributed by atoms with van der Waals surface area (Å²) in [7, 11) is 0. The molecule has 0 radical (unpaired) electrons. The van der Waals surface area contributed by atoms with Crippen LogP contribution in [0, 0.1) is 12.8 Å². The smallest absolute Gasteiger partial charge is 0.239 e. The van der Waals surface area contributed by atoms with Gasteiger partial charge >= 0.3 is 0 Å². The molecule has 0 aromatic heterocycles. The monoisotopic (exact) mass is 371 g/mol. The Balaban J connectivity index is 1.47. The van der Waals surface area contributed by atoms with E-state index >= 15 is 0 Å². The van der Waals surface area contributed by atoms with E-state index < -0.39 is 0 Å². The van der Waals surface area contributed by atoms with E-state index in [2.05, 4.69) is 41.0 Å². The van der Waals surface area contributed by atoms with Crippen LogP contribution >= 0.6 is 0 Å². The number of carbonyl (C=O) groups is 1. The van der Waals surface area contributed by atoms with E-state index in [1.54, 1.807) is 0 Å². The SMILES string of the molecule is Cc1ccccc1CCN1CCC(CN(C(=O)[C@@H](C)N)C2CCCC2)CC1. The summed E-state index contributed by atoms with van der Waals surface area (Å²) in [6.07, 6.45) is 8.36. The van der Waals surface area contributed by atoms with Crippen LogP contribution in [0.4, 0.5) is 0 Å². The first-order valence-corrected chi connectivity index (χ1v) is 10.9. The standard InChI is InChI=1S/C23H37N3O/c1-18-7-3-4-8-21(18)13-16-25-14-11-20(12-15-25)17-26(23(27)19(2)24)22-9-5-6-10-22/h3-4,7-8,19-20,22H,5-6,9-17,24H2,1-2H3/t19-/m1/s1. The molecule has 0 bridgehead atoms. The minimum absolute atomic E-state index is 0.156. The molecule has 2 aliphatic rings. The van der Waals surface area contributed by atoms with E-state index in [0.717, 1.165) is 45.4 Å². The molecule has 4 heteroatoms. The number of nitrogens with zero attached hydrogens (tertiary/aromatic N) is 2. The topological polar surface area (TPSA) is 49.6 Å². The first kappa shape index (κ1) is 20.3. The number of rotatable bonds is 7. The lowest BCUT2D eigenvalue weighted by atomic mass is 9.94. The molecule has 1 atom stereocenters. The molecule has 150 valence electrons. The second-order valence-corrected chi connectivity index (χ2v) is 8.68. The molecule has 1 saturated heterocycles. The summed E-state index contributed by atoms with van der Waals surface area (Å²) in [4.78, 5) is 17.4. The second-order valence-electron chi connectivity index (χ2n) is 8.68. The molecule has 1 aliphatic heterocycles. The van der Waals surface area contributed by atoms with Gasteiger partial charge in [-0.25, -0.2) is 0 Å². The minimum Gasteiger partial charge on any atom is -0.338 e. The van der Waals surface area contributed by atoms with Crippen molar-refractivity contribution in [1.29, 1.82) is 0 Å². The van der Waals surface area contributed by atoms with Gasteiger partial charge in [0.15, 0.2) is 0 Å². The van der Waals surface area contributed by atoms with Crippen LogP contribution in [0.1, 0.15) is 56.6 Å². The van der Waals surface area contributed by atoms with Crippen LogP contribution in [0.5, 0.6) is 0 Å². The van der Waals surface area contributed by atoms with Crippen molar-refractivity contribution in [1.82, 2.24) is 9.80 Å². The number of aryl methyl sites for hydroxylation is 1. The summed E-state index contributed by atoms with van der Waals surface area (Å²) in [6.45, 7) is 8.40. The minimum atomic E-state index is -0.375. The third kappa shape index (κ3) is 5.55. The molecule has 27 heavy (non-hydrogen) atoms. The van der Waals surface area contributed by atoms with E-state index in [1.165, 1.54) is 36.8 Å². The van der Waals surface area contributed by atoms with Crippen molar-refractivity contribution in [2.24, 2.45) is 11.7 Å². The Morgan fingerprint density at radius 2 is 1.85 bits per heavy atom. The maximum atomic E-state index is 12.6. The number of nitrogens with two attached hydrogens (primary N) is 1. The Morgan fingerprint density at radius 3 is 2.48 bits per heavy atom. The molecule has 1 aromatic rings. The Bertz CT molecular complexity index is 601. The van der Waals surface area contributed by atoms with E-state index in [4.69, 9.17) is 5.73 Å². The third-order valence-electron chi connectivity index (χ3n) is 6.56. The molecule has 2 N–H and O–H groups in total. The highest BCUT2D eigenvalue weighted by atomic mass is 16.2. The van der Waals surface area contributed by atoms with Crippen molar-refractivity contribution >= 4 is 5.91 Å². The number of benzene rings is 1. The van der Waals surface area contributed by atoms with Crippen LogP contribution in [-0.4, -0.2) is 54.0 Å². The van der Waals surface area contributed by atoms with E-state index in [9.17, 15) is 4.79 Å². The van der Waals surface area contributed by atoms with Gasteiger partial charge in [0, 0.05) is 19.1 Å². The van der Waals surface area contributed by atoms with E-state index in [-0.39, 0.29) is 11.9 Å². The van der Waals surface area contributed by atoms with Crippen LogP contribution in [-0.2, 0) is 11.2 Å². The lowest BCUT2D eigenvalue weighted by Crippen LogP contribution is -2.50. The van der Waals surface area contributed by atoms with Gasteiger partial charge in [-0.05, 0) is 76.1 Å². The zero-order valence-corrected chi connectivity index (χ0v) is 17.2. The van der Waals surface area contributed by atoms with Gasteiger partial charge < -0.3 is 15.5 Å². The maximum absolute atomic E-state index is 12.6. The largest absolute Gasteiger partial charge is 0.338 e. The molecule has 1 aliphatic carbocycles. The predicted octanol–water partition coefficient (Wildman–Crippen LogP) is 3.37. The predicted molar refractivity (Wildman–Crippen MR) is 112 cm³/mol. The summed E-state index contributed by atoms with van der Waals surface area (Å²) < 4.78 is 0. The van der Waals surface area contributed by atoms with Crippen molar-refractivity contribution in [3.05, 3.63) is 35.4 Å². The number of carbonyl (C=O) groups excluding carboxylic acids is 1. The molecule has 0 unspecified atom stereocenters. The number of hydrogen-bond donors (Lipinski definition) is 1. The van der Waals surface area contributed by atoms with E-state index in [1.807, 2.05) is 6.92 Å². The van der Waals surface area contributed by atoms with Gasteiger partial charge in [-0.2, -0.15) is 0 Å². The van der Waals surface area contributed by atoms with Gasteiger partial charge in [0.05, 0.1) is 6.04 Å². The van der Waals surface area contributed by atoms with Crippen molar-refractivity contribution < 1.29 is 4.79 Å². The number of amides is 1. The summed E-state index contributed by atoms with van der Waals surface area (Å²) in [5.74, 6) is 0.784. The van der Waals surface area contributed by atoms with Crippen molar-refractivity contribution in [3.8, 4) is 0 Å². The van der Waals surface area contributed by atoms with Crippen molar-refractivity contribution in [2.45, 2.75) is 70.9 Å². The molecular formula is C23H37N3O. The lowest BCUT2D eigenvalue weighted by molar-refractivity contribution is -0.135. The highest BCUT2D eigenvalue weighted by molar-refractivity contribution is 5.81. The number of hydrogen-bond acceptors (Lipinski definition) is 3. The van der Waals surface area contributed by atoms with Crippen molar-refractivity contribution in [3.63, 3.8) is 0 Å². The van der Waals surface area contributed by atoms with E-state index in [0.29, 0.717) is 12.0 Å². The van der Waals surface area contributed by atoms with Gasteiger partial charge in [0.2, 0.25) is 5.91 Å². The molecule has 0 spiro atoms. The van der Waals surface area contributed by atoms with Gasteiger partial charge in [-0.15, -0.1) is 0 Å². The highest BCUT2D eigenvalue weighted by Gasteiger charge is 2.31. The Kier molecular flexibility index (Phi) is 7.31. The average Bonchev–Trinajstić information content (AvgIpc) is 3.20. The molecular weight excluding hydrogens is 334 g/mol. The molecule has 1 amide bonds. The fraction of sp³-hybridized carbons (Fsp3) is 0.696. The molecule has 1 saturated carbocycles. The molecule has 1 heterocycles. The number of likely N-dealkylation sites (tertiary alicyclic amines) is 1. The first-order chi connectivity index (χ1) is 13.0. The zero-order chi connectivity index (χ0) is 19.2. The summed E-state index contributed by atoms with van der Waals surface area (Å²) in [5, 5.41) is 0. The van der Waals surface area contributed by atoms with Crippen LogP contribution in [0.25, 0.3) is 0 Å². The molecule has 3 rings (SSSR count). The molecule has 1 aromatic carbocycles. The van der Waals surface area contributed by atoms with Crippen molar-refractivity contribution in [2.75, 3.05) is 26.2 Å². The van der Waals surface area contributed by atoms with Gasteiger partial charge in [0.1, 0.15) is 0 Å². The van der Waals surface area contributed by atoms with Crippen LogP contribution in [0.2, 0.25) is 0 Å². The Morgan fingerprint density at radius 1 is 1.19 bits per heavy atom. The van der Waals surface area contributed by atoms with Crippen LogP contribution in [0.3, 0.4) is 0 Å². The highest BCUT2D eigenvalue weighted by Crippen LogP contribution is 2.27. The molecule has 2 fully saturated rings. The fourth-order valence-electron chi connectivity index (χ4n) is 4.74. The normalized spacial score (nSPS) is 20.7.